The highest BCUT2D eigenvalue weighted by Gasteiger charge is 2.15. The molecule has 1 aliphatic heterocycles. The van der Waals surface area contributed by atoms with E-state index in [1.807, 2.05) is 6.20 Å². The average Bonchev–Trinajstić information content (AvgIpc) is 1.76. The first-order valence-electron chi connectivity index (χ1n) is 2.91. The van der Waals surface area contributed by atoms with Crippen molar-refractivity contribution >= 4 is 0 Å². The summed E-state index contributed by atoms with van der Waals surface area (Å²) < 4.78 is 0. The Labute approximate surface area is 48.4 Å². The van der Waals surface area contributed by atoms with E-state index in [0.717, 1.165) is 6.42 Å². The van der Waals surface area contributed by atoms with Gasteiger partial charge in [0.25, 0.3) is 0 Å². The predicted molar refractivity (Wildman–Crippen MR) is 32.6 cm³/mol. The maximum Gasteiger partial charge on any atom is 0.0723 e. The molecule has 0 bridgehead atoms. The lowest BCUT2D eigenvalue weighted by atomic mass is 9.94. The van der Waals surface area contributed by atoms with Crippen molar-refractivity contribution in [2.45, 2.75) is 13.3 Å². The zero-order chi connectivity index (χ0) is 5.56. The van der Waals surface area contributed by atoms with Crippen LogP contribution < -0.4 is 0 Å². The van der Waals surface area contributed by atoms with Gasteiger partial charge in [0.15, 0.2) is 0 Å². The number of fused-ring (bicyclic) bond motifs is 1. The van der Waals surface area contributed by atoms with Crippen molar-refractivity contribution in [1.29, 1.82) is 0 Å². The maximum absolute atomic E-state index is 4.01. The Bertz CT molecular complexity index is 228. The summed E-state index contributed by atoms with van der Waals surface area (Å²) in [6.45, 7) is 2.17. The molecule has 1 heterocycles. The lowest BCUT2D eigenvalue weighted by Crippen LogP contribution is -2.02. The molecule has 0 saturated heterocycles. The first-order chi connectivity index (χ1) is 3.92. The molecule has 0 atom stereocenters. The zero-order valence-electron chi connectivity index (χ0n) is 4.81. The van der Waals surface area contributed by atoms with E-state index in [0.29, 0.717) is 0 Å². The van der Waals surface area contributed by atoms with E-state index in [1.165, 1.54) is 16.8 Å². The Morgan fingerprint density at radius 3 is 2.62 bits per heavy atom. The molecule has 2 rings (SSSR count). The van der Waals surface area contributed by atoms with Crippen LogP contribution in [-0.4, -0.2) is 4.98 Å². The van der Waals surface area contributed by atoms with Crippen molar-refractivity contribution in [3.05, 3.63) is 17.8 Å². The smallest absolute Gasteiger partial charge is 0.0723 e. The van der Waals surface area contributed by atoms with Crippen LogP contribution in [0.1, 0.15) is 12.5 Å². The number of nitrogens with zero attached hydrogens (tertiary/aromatic N) is 1. The third kappa shape index (κ3) is 0.269. The number of hydrogen-bond donors (Lipinski definition) is 0. The van der Waals surface area contributed by atoms with Crippen LogP contribution in [0.5, 0.6) is 0 Å². The zero-order valence-corrected chi connectivity index (χ0v) is 4.81. The fraction of sp³-hybridized carbons (Fsp3) is 0.286. The van der Waals surface area contributed by atoms with Gasteiger partial charge in [-0.1, -0.05) is 6.92 Å². The van der Waals surface area contributed by atoms with E-state index < -0.39 is 0 Å². The van der Waals surface area contributed by atoms with E-state index in [9.17, 15) is 0 Å². The fourth-order valence-corrected chi connectivity index (χ4v) is 1.02. The molecule has 2 aliphatic rings. The summed E-state index contributed by atoms with van der Waals surface area (Å²) in [7, 11) is 0. The van der Waals surface area contributed by atoms with E-state index >= 15 is 0 Å². The summed E-state index contributed by atoms with van der Waals surface area (Å²) in [6, 6.07) is 2.15. The monoisotopic (exact) mass is 105 g/mol. The lowest BCUT2D eigenvalue weighted by molar-refractivity contribution is 1.07. The summed E-state index contributed by atoms with van der Waals surface area (Å²) in [5.41, 5.74) is 4.07. The Hall–Kier alpha value is -0.850. The summed E-state index contributed by atoms with van der Waals surface area (Å²) in [5, 5.41) is 0. The Morgan fingerprint density at radius 1 is 1.62 bits per heavy atom. The molecule has 0 aromatic rings. The number of pyridine rings is 1. The molecule has 0 spiro atoms. The molecule has 0 N–H and O–H groups in total. The average molecular weight is 105 g/mol. The molecule has 8 heavy (non-hydrogen) atoms. The van der Waals surface area contributed by atoms with E-state index in [2.05, 4.69) is 18.0 Å². The minimum Gasteiger partial charge on any atom is -0.255 e. The second-order valence-corrected chi connectivity index (χ2v) is 2.08. The van der Waals surface area contributed by atoms with Crippen molar-refractivity contribution in [1.82, 2.24) is 4.98 Å². The highest BCUT2D eigenvalue weighted by Crippen LogP contribution is 2.32. The first kappa shape index (κ1) is 4.07. The molecule has 0 fully saturated rings. The quantitative estimate of drug-likeness (QED) is 0.537. The van der Waals surface area contributed by atoms with Gasteiger partial charge in [0, 0.05) is 11.8 Å². The third-order valence-corrected chi connectivity index (χ3v) is 1.65. The van der Waals surface area contributed by atoms with E-state index in [4.69, 9.17) is 0 Å². The minimum absolute atomic E-state index is 1.16. The van der Waals surface area contributed by atoms with E-state index in [1.54, 1.807) is 0 Å². The summed E-state index contributed by atoms with van der Waals surface area (Å²) in [6.07, 6.45) is 3.10. The van der Waals surface area contributed by atoms with Gasteiger partial charge in [-0.05, 0) is 18.1 Å². The van der Waals surface area contributed by atoms with Crippen molar-refractivity contribution in [3.8, 4) is 11.3 Å². The summed E-state index contributed by atoms with van der Waals surface area (Å²) >= 11 is 0. The van der Waals surface area contributed by atoms with E-state index in [-0.39, 0.29) is 0 Å². The van der Waals surface area contributed by atoms with Gasteiger partial charge in [-0.3, -0.25) is 4.98 Å². The van der Waals surface area contributed by atoms with Crippen molar-refractivity contribution < 1.29 is 0 Å². The largest absolute Gasteiger partial charge is 0.255 e. The van der Waals surface area contributed by atoms with Gasteiger partial charge < -0.3 is 0 Å². The van der Waals surface area contributed by atoms with Gasteiger partial charge in [-0.15, -0.1) is 0 Å². The second kappa shape index (κ2) is 1.10. The van der Waals surface area contributed by atoms with Gasteiger partial charge in [-0.2, -0.15) is 0 Å². The SMILES string of the molecule is CCc1cc2ncc1-2. The molecule has 1 nitrogen and oxygen atoms in total. The van der Waals surface area contributed by atoms with Crippen molar-refractivity contribution in [3.63, 3.8) is 0 Å². The van der Waals surface area contributed by atoms with Crippen LogP contribution >= 0.6 is 0 Å². The molecular formula is C7H7N. The second-order valence-electron chi connectivity index (χ2n) is 2.08. The minimum atomic E-state index is 1.16. The molecule has 0 unspecified atom stereocenters. The normalized spacial score (nSPS) is 11.6. The standard InChI is InChI=1S/C7H7N/c1-2-5-3-7-6(5)4-8-7/h3-4H,2H2,1H3. The molecule has 0 radical (unpaired) electrons. The van der Waals surface area contributed by atoms with Gasteiger partial charge in [0.1, 0.15) is 0 Å². The van der Waals surface area contributed by atoms with Gasteiger partial charge in [-0.25, -0.2) is 0 Å². The van der Waals surface area contributed by atoms with Gasteiger partial charge in [0.2, 0.25) is 0 Å². The van der Waals surface area contributed by atoms with Gasteiger partial charge in [0.05, 0.1) is 5.69 Å². The molecule has 0 saturated carbocycles. The van der Waals surface area contributed by atoms with Crippen LogP contribution in [0.2, 0.25) is 0 Å². The summed E-state index contributed by atoms with van der Waals surface area (Å²) in [5.74, 6) is 0. The van der Waals surface area contributed by atoms with Crippen molar-refractivity contribution in [2.75, 3.05) is 0 Å². The molecule has 40 valence electrons. The molecule has 0 amide bonds. The Balaban J connectivity index is 2.48. The van der Waals surface area contributed by atoms with Crippen LogP contribution in [0.3, 0.4) is 0 Å². The number of aromatic nitrogens is 1. The summed E-state index contributed by atoms with van der Waals surface area (Å²) in [4.78, 5) is 4.01. The lowest BCUT2D eigenvalue weighted by Gasteiger charge is -2.17. The molecular weight excluding hydrogens is 98.1 g/mol. The van der Waals surface area contributed by atoms with Gasteiger partial charge >= 0.3 is 0 Å². The van der Waals surface area contributed by atoms with Crippen LogP contribution in [0, 0.1) is 0 Å². The van der Waals surface area contributed by atoms with Crippen LogP contribution in [0.4, 0.5) is 0 Å². The fourth-order valence-electron chi connectivity index (χ4n) is 1.02. The maximum atomic E-state index is 4.01. The number of aryl methyl sites for hydroxylation is 1. The number of rotatable bonds is 1. The molecule has 1 heteroatoms. The predicted octanol–water partition coefficient (Wildman–Crippen LogP) is 1.62. The topological polar surface area (TPSA) is 12.9 Å². The first-order valence-corrected chi connectivity index (χ1v) is 2.91. The van der Waals surface area contributed by atoms with Crippen molar-refractivity contribution in [2.24, 2.45) is 0 Å². The molecule has 0 aromatic heterocycles. The van der Waals surface area contributed by atoms with Crippen LogP contribution in [0.25, 0.3) is 11.3 Å². The van der Waals surface area contributed by atoms with Crippen LogP contribution in [0.15, 0.2) is 12.3 Å². The highest BCUT2D eigenvalue weighted by atomic mass is 14.7. The third-order valence-electron chi connectivity index (χ3n) is 1.65. The Kier molecular flexibility index (Phi) is 0.562. The number of hydrogen-bond acceptors (Lipinski definition) is 1. The highest BCUT2D eigenvalue weighted by molar-refractivity contribution is 5.74. The Morgan fingerprint density at radius 2 is 2.50 bits per heavy atom. The molecule has 1 aliphatic carbocycles. The van der Waals surface area contributed by atoms with Crippen LogP contribution in [-0.2, 0) is 6.42 Å². The molecule has 0 aromatic carbocycles.